The Morgan fingerprint density at radius 3 is 2.69 bits per heavy atom. The van der Waals surface area contributed by atoms with Gasteiger partial charge in [-0.25, -0.2) is 4.39 Å². The summed E-state index contributed by atoms with van der Waals surface area (Å²) in [6.07, 6.45) is -2.70. The van der Waals surface area contributed by atoms with Gasteiger partial charge in [-0.2, -0.15) is 0 Å². The Labute approximate surface area is 92.5 Å². The first-order chi connectivity index (χ1) is 7.68. The van der Waals surface area contributed by atoms with E-state index in [9.17, 15) is 14.6 Å². The highest BCUT2D eigenvalue weighted by Crippen LogP contribution is 2.13. The van der Waals surface area contributed by atoms with Crippen molar-refractivity contribution in [2.45, 2.75) is 18.3 Å². The summed E-state index contributed by atoms with van der Waals surface area (Å²) in [5, 5.41) is 18.6. The van der Waals surface area contributed by atoms with Crippen molar-refractivity contribution in [3.63, 3.8) is 0 Å². The minimum absolute atomic E-state index is 0.0534. The fourth-order valence-electron chi connectivity index (χ4n) is 1.44. The van der Waals surface area contributed by atoms with Crippen molar-refractivity contribution in [1.29, 1.82) is 0 Å². The third-order valence-electron chi connectivity index (χ3n) is 2.37. The Morgan fingerprint density at radius 1 is 1.31 bits per heavy atom. The number of ether oxygens (including phenoxy) is 1. The molecule has 0 aliphatic carbocycles. The molecule has 84 valence electrons. The van der Waals surface area contributed by atoms with E-state index < -0.39 is 24.1 Å². The summed E-state index contributed by atoms with van der Waals surface area (Å²) >= 11 is 0. The van der Waals surface area contributed by atoms with Crippen molar-refractivity contribution in [3.05, 3.63) is 35.6 Å². The van der Waals surface area contributed by atoms with Gasteiger partial charge in [0, 0.05) is 0 Å². The molecule has 0 saturated carbocycles. The van der Waals surface area contributed by atoms with Crippen LogP contribution < -0.4 is 0 Å². The number of halogens is 1. The molecular weight excluding hydrogens is 211 g/mol. The highest BCUT2D eigenvalue weighted by molar-refractivity contribution is 5.36. The molecule has 1 aliphatic heterocycles. The second-order valence-electron chi connectivity index (χ2n) is 3.56. The fourth-order valence-corrected chi connectivity index (χ4v) is 1.44. The Kier molecular flexibility index (Phi) is 3.20. The first-order valence-electron chi connectivity index (χ1n) is 4.92. The third kappa shape index (κ3) is 2.22. The van der Waals surface area contributed by atoms with Crippen molar-refractivity contribution in [3.8, 4) is 11.8 Å². The zero-order valence-electron chi connectivity index (χ0n) is 8.43. The lowest BCUT2D eigenvalue weighted by Crippen LogP contribution is -2.28. The van der Waals surface area contributed by atoms with E-state index in [1.807, 2.05) is 0 Å². The summed E-state index contributed by atoms with van der Waals surface area (Å²) in [7, 11) is 0. The van der Waals surface area contributed by atoms with Crippen molar-refractivity contribution in [2.75, 3.05) is 6.61 Å². The fraction of sp³-hybridized carbons (Fsp3) is 0.333. The van der Waals surface area contributed by atoms with Crippen LogP contribution in [0.3, 0.4) is 0 Å². The number of hydrogen-bond acceptors (Lipinski definition) is 3. The van der Waals surface area contributed by atoms with E-state index in [1.54, 1.807) is 18.2 Å². The molecule has 16 heavy (non-hydrogen) atoms. The number of aliphatic hydroxyl groups excluding tert-OH is 2. The highest BCUT2D eigenvalue weighted by Gasteiger charge is 2.33. The van der Waals surface area contributed by atoms with Gasteiger partial charge in [-0.05, 0) is 12.1 Å². The molecular formula is C12H11FO3. The van der Waals surface area contributed by atoms with Crippen molar-refractivity contribution in [2.24, 2.45) is 0 Å². The molecule has 1 aromatic carbocycles. The summed E-state index contributed by atoms with van der Waals surface area (Å²) < 4.78 is 18.2. The molecule has 1 heterocycles. The molecule has 4 heteroatoms. The maximum absolute atomic E-state index is 13.2. The molecule has 2 rings (SSSR count). The average molecular weight is 222 g/mol. The van der Waals surface area contributed by atoms with E-state index in [0.29, 0.717) is 0 Å². The minimum atomic E-state index is -1.03. The number of hydrogen-bond donors (Lipinski definition) is 2. The molecule has 2 N–H and O–H groups in total. The Balaban J connectivity index is 2.14. The SMILES string of the molecule is OC1COC(C#Cc2ccccc2F)C1O. The summed E-state index contributed by atoms with van der Waals surface area (Å²) in [5.74, 6) is 4.77. The normalized spacial score (nSPS) is 28.6. The molecule has 0 aromatic heterocycles. The summed E-state index contributed by atoms with van der Waals surface area (Å²) in [4.78, 5) is 0. The highest BCUT2D eigenvalue weighted by atomic mass is 19.1. The van der Waals surface area contributed by atoms with Gasteiger partial charge in [0.15, 0.2) is 0 Å². The van der Waals surface area contributed by atoms with Crippen LogP contribution in [0.1, 0.15) is 5.56 Å². The monoisotopic (exact) mass is 222 g/mol. The van der Waals surface area contributed by atoms with E-state index in [1.165, 1.54) is 6.07 Å². The van der Waals surface area contributed by atoms with Gasteiger partial charge in [-0.15, -0.1) is 0 Å². The quantitative estimate of drug-likeness (QED) is 0.621. The third-order valence-corrected chi connectivity index (χ3v) is 2.37. The summed E-state index contributed by atoms with van der Waals surface area (Å²) in [5.41, 5.74) is 0.250. The van der Waals surface area contributed by atoms with Crippen LogP contribution >= 0.6 is 0 Å². The van der Waals surface area contributed by atoms with Gasteiger partial charge in [0.05, 0.1) is 12.2 Å². The van der Waals surface area contributed by atoms with Gasteiger partial charge < -0.3 is 14.9 Å². The molecule has 0 bridgehead atoms. The molecule has 0 spiro atoms. The number of benzene rings is 1. The lowest BCUT2D eigenvalue weighted by Gasteiger charge is -2.07. The lowest BCUT2D eigenvalue weighted by molar-refractivity contribution is 0.0447. The molecule has 3 nitrogen and oxygen atoms in total. The maximum atomic E-state index is 13.2. The number of rotatable bonds is 0. The van der Waals surface area contributed by atoms with Crippen LogP contribution in [0.25, 0.3) is 0 Å². The molecule has 3 unspecified atom stereocenters. The van der Waals surface area contributed by atoms with E-state index in [0.717, 1.165) is 0 Å². The summed E-state index contributed by atoms with van der Waals surface area (Å²) in [6.45, 7) is 0.0534. The smallest absolute Gasteiger partial charge is 0.147 e. The van der Waals surface area contributed by atoms with Crippen LogP contribution in [0.4, 0.5) is 4.39 Å². The van der Waals surface area contributed by atoms with E-state index >= 15 is 0 Å². The van der Waals surface area contributed by atoms with Gasteiger partial charge in [0.25, 0.3) is 0 Å². The van der Waals surface area contributed by atoms with Crippen molar-refractivity contribution in [1.82, 2.24) is 0 Å². The Hall–Kier alpha value is -1.41. The van der Waals surface area contributed by atoms with Crippen LogP contribution in [0.5, 0.6) is 0 Å². The zero-order valence-corrected chi connectivity index (χ0v) is 8.43. The van der Waals surface area contributed by atoms with Gasteiger partial charge in [-0.3, -0.25) is 0 Å². The van der Waals surface area contributed by atoms with Crippen molar-refractivity contribution < 1.29 is 19.3 Å². The van der Waals surface area contributed by atoms with Gasteiger partial charge in [0.2, 0.25) is 0 Å². The molecule has 1 aromatic rings. The van der Waals surface area contributed by atoms with Crippen LogP contribution in [0, 0.1) is 17.7 Å². The van der Waals surface area contributed by atoms with E-state index in [2.05, 4.69) is 11.8 Å². The van der Waals surface area contributed by atoms with Gasteiger partial charge in [0.1, 0.15) is 24.1 Å². The second-order valence-corrected chi connectivity index (χ2v) is 3.56. The van der Waals surface area contributed by atoms with Crippen molar-refractivity contribution >= 4 is 0 Å². The summed E-state index contributed by atoms with van der Waals surface area (Å²) in [6, 6.07) is 6.10. The predicted molar refractivity (Wildman–Crippen MR) is 55.0 cm³/mol. The topological polar surface area (TPSA) is 49.7 Å². The second kappa shape index (κ2) is 4.62. The molecule has 0 amide bonds. The average Bonchev–Trinajstić information content (AvgIpc) is 2.59. The molecule has 3 atom stereocenters. The molecule has 1 aliphatic rings. The Bertz CT molecular complexity index is 435. The van der Waals surface area contributed by atoms with Crippen LogP contribution in [0.15, 0.2) is 24.3 Å². The zero-order chi connectivity index (χ0) is 11.5. The Morgan fingerprint density at radius 2 is 2.06 bits per heavy atom. The lowest BCUT2D eigenvalue weighted by atomic mass is 10.1. The van der Waals surface area contributed by atoms with Gasteiger partial charge in [-0.1, -0.05) is 24.0 Å². The number of aliphatic hydroxyl groups is 2. The molecule has 0 radical (unpaired) electrons. The first-order valence-corrected chi connectivity index (χ1v) is 4.92. The predicted octanol–water partition coefficient (Wildman–Crippen LogP) is 0.298. The molecule has 1 saturated heterocycles. The van der Waals surface area contributed by atoms with Crippen LogP contribution in [-0.4, -0.2) is 35.1 Å². The first kappa shape index (κ1) is 11.1. The maximum Gasteiger partial charge on any atom is 0.147 e. The standard InChI is InChI=1S/C12H11FO3/c13-9-4-2-1-3-8(9)5-6-11-12(15)10(14)7-16-11/h1-4,10-12,14-15H,7H2. The largest absolute Gasteiger partial charge is 0.388 e. The van der Waals surface area contributed by atoms with E-state index in [4.69, 9.17) is 4.74 Å². The van der Waals surface area contributed by atoms with Crippen LogP contribution in [0.2, 0.25) is 0 Å². The molecule has 1 fully saturated rings. The van der Waals surface area contributed by atoms with Gasteiger partial charge >= 0.3 is 0 Å². The van der Waals surface area contributed by atoms with E-state index in [-0.39, 0.29) is 12.2 Å². The minimum Gasteiger partial charge on any atom is -0.388 e. The van der Waals surface area contributed by atoms with Crippen LogP contribution in [-0.2, 0) is 4.74 Å².